The maximum atomic E-state index is 5.45. The quantitative estimate of drug-likeness (QED) is 0.577. The number of hydrogen-bond donors (Lipinski definition) is 1. The van der Waals surface area contributed by atoms with Crippen molar-refractivity contribution in [1.82, 2.24) is 0 Å². The van der Waals surface area contributed by atoms with Crippen molar-refractivity contribution >= 4 is 22.6 Å². The van der Waals surface area contributed by atoms with Crippen molar-refractivity contribution in [2.75, 3.05) is 0 Å². The third kappa shape index (κ3) is 5.62. The predicted octanol–water partition coefficient (Wildman–Crippen LogP) is 2.35. The molecule has 0 atom stereocenters. The molecule has 50 valence electrons. The van der Waals surface area contributed by atoms with Gasteiger partial charge in [0.25, 0.3) is 0 Å². The Balaban J connectivity index is 3.86. The van der Waals surface area contributed by atoms with Crippen molar-refractivity contribution in [2.45, 2.75) is 6.92 Å². The van der Waals surface area contributed by atoms with Crippen molar-refractivity contribution in [3.8, 4) is 0 Å². The van der Waals surface area contributed by atoms with E-state index in [1.807, 2.05) is 25.2 Å². The van der Waals surface area contributed by atoms with Gasteiger partial charge in [-0.1, -0.05) is 12.7 Å². The zero-order chi connectivity index (χ0) is 7.28. The van der Waals surface area contributed by atoms with Crippen LogP contribution in [0.2, 0.25) is 0 Å². The van der Waals surface area contributed by atoms with Gasteiger partial charge in [-0.05, 0) is 41.7 Å². The molecule has 0 aromatic heterocycles. The molecular formula is C7H10IN. The fraction of sp³-hybridized carbons (Fsp3) is 0.143. The molecule has 0 fully saturated rings. The maximum absolute atomic E-state index is 5.45. The van der Waals surface area contributed by atoms with Crippen LogP contribution in [0.3, 0.4) is 0 Å². The zero-order valence-electron chi connectivity index (χ0n) is 5.39. The van der Waals surface area contributed by atoms with Crippen LogP contribution in [0.1, 0.15) is 6.92 Å². The van der Waals surface area contributed by atoms with Crippen LogP contribution in [-0.4, -0.2) is 0 Å². The summed E-state index contributed by atoms with van der Waals surface area (Å²) in [5.74, 6) is 0. The highest BCUT2D eigenvalue weighted by Crippen LogP contribution is 2.03. The largest absolute Gasteiger partial charge is 0.399 e. The normalized spacial score (nSPS) is 12.4. The molecule has 0 aromatic rings. The van der Waals surface area contributed by atoms with Crippen LogP contribution in [0, 0.1) is 0 Å². The van der Waals surface area contributed by atoms with Crippen molar-refractivity contribution < 1.29 is 0 Å². The van der Waals surface area contributed by atoms with Crippen molar-refractivity contribution in [2.24, 2.45) is 5.73 Å². The van der Waals surface area contributed by atoms with E-state index in [-0.39, 0.29) is 0 Å². The molecular weight excluding hydrogens is 225 g/mol. The lowest BCUT2D eigenvalue weighted by molar-refractivity contribution is 1.39. The molecule has 0 unspecified atom stereocenters. The first-order valence-corrected chi connectivity index (χ1v) is 3.69. The summed E-state index contributed by atoms with van der Waals surface area (Å²) >= 11 is 2.13. The van der Waals surface area contributed by atoms with Crippen molar-refractivity contribution in [3.63, 3.8) is 0 Å². The highest BCUT2D eigenvalue weighted by atomic mass is 127. The van der Waals surface area contributed by atoms with E-state index in [1.165, 1.54) is 0 Å². The van der Waals surface area contributed by atoms with Crippen molar-refractivity contribution in [3.05, 3.63) is 34.1 Å². The molecule has 0 bridgehead atoms. The molecule has 0 spiro atoms. The van der Waals surface area contributed by atoms with E-state index in [9.17, 15) is 0 Å². The Hall–Kier alpha value is -0.250. The lowest BCUT2D eigenvalue weighted by Crippen LogP contribution is -1.90. The molecule has 9 heavy (non-hydrogen) atoms. The van der Waals surface area contributed by atoms with E-state index in [0.717, 1.165) is 9.28 Å². The Labute approximate surface area is 69.5 Å². The van der Waals surface area contributed by atoms with E-state index in [4.69, 9.17) is 5.73 Å². The van der Waals surface area contributed by atoms with Gasteiger partial charge in [0.1, 0.15) is 0 Å². The van der Waals surface area contributed by atoms with E-state index < -0.39 is 0 Å². The third-order valence-electron chi connectivity index (χ3n) is 0.790. The van der Waals surface area contributed by atoms with Crippen molar-refractivity contribution in [1.29, 1.82) is 0 Å². The molecule has 2 heteroatoms. The van der Waals surface area contributed by atoms with Crippen LogP contribution >= 0.6 is 22.6 Å². The second-order valence-corrected chi connectivity index (χ2v) is 2.95. The van der Waals surface area contributed by atoms with Crippen LogP contribution in [0.15, 0.2) is 34.1 Å². The number of hydrogen-bond acceptors (Lipinski definition) is 1. The number of halogens is 1. The molecule has 0 aliphatic heterocycles. The molecule has 0 heterocycles. The minimum Gasteiger partial charge on any atom is -0.399 e. The third-order valence-corrected chi connectivity index (χ3v) is 1.15. The molecule has 0 saturated heterocycles. The fourth-order valence-corrected chi connectivity index (χ4v) is 0.463. The summed E-state index contributed by atoms with van der Waals surface area (Å²) in [5.41, 5.74) is 6.22. The van der Waals surface area contributed by atoms with Crippen LogP contribution in [0.5, 0.6) is 0 Å². The number of nitrogens with two attached hydrogens (primary N) is 1. The molecule has 2 N–H and O–H groups in total. The van der Waals surface area contributed by atoms with Gasteiger partial charge in [0.05, 0.1) is 0 Å². The Bertz CT molecular complexity index is 156. The van der Waals surface area contributed by atoms with Gasteiger partial charge in [-0.2, -0.15) is 0 Å². The Morgan fingerprint density at radius 1 is 1.56 bits per heavy atom. The SMILES string of the molecule is C=C(I)/C=C\C(N)=C/C. The Kier molecular flexibility index (Phi) is 4.48. The molecule has 0 aromatic carbocycles. The topological polar surface area (TPSA) is 26.0 Å². The second kappa shape index (κ2) is 4.61. The summed E-state index contributed by atoms with van der Waals surface area (Å²) in [7, 11) is 0. The van der Waals surface area contributed by atoms with Gasteiger partial charge in [-0.15, -0.1) is 0 Å². The Morgan fingerprint density at radius 3 is 2.44 bits per heavy atom. The summed E-state index contributed by atoms with van der Waals surface area (Å²) in [6.45, 7) is 5.58. The second-order valence-electron chi connectivity index (χ2n) is 1.57. The van der Waals surface area contributed by atoms with Gasteiger partial charge < -0.3 is 5.73 Å². The van der Waals surface area contributed by atoms with Crippen LogP contribution < -0.4 is 5.73 Å². The molecule has 0 aliphatic rings. The van der Waals surface area contributed by atoms with Gasteiger partial charge >= 0.3 is 0 Å². The monoisotopic (exact) mass is 235 g/mol. The Morgan fingerprint density at radius 2 is 2.11 bits per heavy atom. The van der Waals surface area contributed by atoms with Gasteiger partial charge in [0, 0.05) is 9.28 Å². The van der Waals surface area contributed by atoms with Crippen LogP contribution in [0.25, 0.3) is 0 Å². The highest BCUT2D eigenvalue weighted by molar-refractivity contribution is 14.1. The minimum absolute atomic E-state index is 0.771. The minimum atomic E-state index is 0.771. The summed E-state index contributed by atoms with van der Waals surface area (Å²) in [6.07, 6.45) is 5.54. The number of allylic oxidation sites excluding steroid dienone is 4. The lowest BCUT2D eigenvalue weighted by Gasteiger charge is -1.86. The average molecular weight is 235 g/mol. The first kappa shape index (κ1) is 8.75. The highest BCUT2D eigenvalue weighted by Gasteiger charge is 1.77. The fourth-order valence-electron chi connectivity index (χ4n) is 0.283. The molecule has 0 amide bonds. The van der Waals surface area contributed by atoms with Gasteiger partial charge in [-0.3, -0.25) is 0 Å². The summed E-state index contributed by atoms with van der Waals surface area (Å²) in [4.78, 5) is 0. The van der Waals surface area contributed by atoms with Gasteiger partial charge in [-0.25, -0.2) is 0 Å². The molecule has 0 saturated carbocycles. The molecule has 1 nitrogen and oxygen atoms in total. The smallest absolute Gasteiger partial charge is 0.0270 e. The molecule has 0 rings (SSSR count). The lowest BCUT2D eigenvalue weighted by atomic mass is 10.4. The predicted molar refractivity (Wildman–Crippen MR) is 50.2 cm³/mol. The number of rotatable bonds is 2. The van der Waals surface area contributed by atoms with E-state index in [1.54, 1.807) is 0 Å². The molecule has 0 radical (unpaired) electrons. The van der Waals surface area contributed by atoms with E-state index in [0.29, 0.717) is 0 Å². The molecule has 0 aliphatic carbocycles. The first-order valence-electron chi connectivity index (χ1n) is 2.61. The maximum Gasteiger partial charge on any atom is 0.0270 e. The average Bonchev–Trinajstić information content (AvgIpc) is 1.83. The summed E-state index contributed by atoms with van der Waals surface area (Å²) in [6, 6.07) is 0. The summed E-state index contributed by atoms with van der Waals surface area (Å²) in [5, 5.41) is 0. The van der Waals surface area contributed by atoms with E-state index in [2.05, 4.69) is 29.2 Å². The van der Waals surface area contributed by atoms with Gasteiger partial charge in [0.2, 0.25) is 0 Å². The van der Waals surface area contributed by atoms with Crippen LogP contribution in [0.4, 0.5) is 0 Å². The van der Waals surface area contributed by atoms with Crippen LogP contribution in [-0.2, 0) is 0 Å². The van der Waals surface area contributed by atoms with E-state index >= 15 is 0 Å². The van der Waals surface area contributed by atoms with Gasteiger partial charge in [0.15, 0.2) is 0 Å². The first-order chi connectivity index (χ1) is 4.16. The standard InChI is InChI=1S/C7H10IN/c1-3-7(9)5-4-6(2)8/h3-5H,2,9H2,1H3/b5-4-,7-3+. The zero-order valence-corrected chi connectivity index (χ0v) is 7.55. The summed E-state index contributed by atoms with van der Waals surface area (Å²) < 4.78 is 0.984.